The highest BCUT2D eigenvalue weighted by Crippen LogP contribution is 2.28. The summed E-state index contributed by atoms with van der Waals surface area (Å²) >= 11 is 0. The van der Waals surface area contributed by atoms with E-state index in [1.54, 1.807) is 22.6 Å². The Bertz CT molecular complexity index is 1030. The molecular weight excluding hydrogens is 350 g/mol. The van der Waals surface area contributed by atoms with Gasteiger partial charge in [-0.3, -0.25) is 14.2 Å². The smallest absolute Gasteiger partial charge is 0.261 e. The van der Waals surface area contributed by atoms with Gasteiger partial charge in [0, 0.05) is 14.1 Å². The van der Waals surface area contributed by atoms with Crippen molar-refractivity contribution in [3.63, 3.8) is 0 Å². The van der Waals surface area contributed by atoms with Crippen molar-refractivity contribution < 1.29 is 4.79 Å². The van der Waals surface area contributed by atoms with Crippen LogP contribution in [-0.2, 0) is 11.8 Å². The van der Waals surface area contributed by atoms with E-state index in [0.717, 1.165) is 5.56 Å². The summed E-state index contributed by atoms with van der Waals surface area (Å²) < 4.78 is 1.57. The minimum absolute atomic E-state index is 0.0444. The van der Waals surface area contributed by atoms with Gasteiger partial charge in [0.2, 0.25) is 5.91 Å². The van der Waals surface area contributed by atoms with Gasteiger partial charge in [0.15, 0.2) is 0 Å². The van der Waals surface area contributed by atoms with Gasteiger partial charge in [-0.25, -0.2) is 4.98 Å². The van der Waals surface area contributed by atoms with Crippen molar-refractivity contribution >= 4 is 16.8 Å². The Labute approximate surface area is 165 Å². The quantitative estimate of drug-likeness (QED) is 0.651. The van der Waals surface area contributed by atoms with Crippen LogP contribution in [0.4, 0.5) is 0 Å². The second-order valence-electron chi connectivity index (χ2n) is 7.10. The van der Waals surface area contributed by atoms with Crippen LogP contribution in [0.1, 0.15) is 50.0 Å². The minimum Gasteiger partial charge on any atom is -0.335 e. The van der Waals surface area contributed by atoms with E-state index in [1.807, 2.05) is 69.4 Å². The number of aromatic nitrogens is 2. The Hall–Kier alpha value is -2.95. The van der Waals surface area contributed by atoms with E-state index in [1.165, 1.54) is 0 Å². The number of para-hydroxylation sites is 1. The van der Waals surface area contributed by atoms with Crippen molar-refractivity contribution in [3.8, 4) is 0 Å². The van der Waals surface area contributed by atoms with Gasteiger partial charge in [-0.15, -0.1) is 0 Å². The second-order valence-corrected chi connectivity index (χ2v) is 7.10. The van der Waals surface area contributed by atoms with Gasteiger partial charge in [-0.2, -0.15) is 0 Å². The highest BCUT2D eigenvalue weighted by molar-refractivity contribution is 5.84. The Balaban J connectivity index is 2.01. The lowest BCUT2D eigenvalue weighted by Gasteiger charge is -2.31. The molecule has 146 valence electrons. The average molecular weight is 377 g/mol. The van der Waals surface area contributed by atoms with Crippen LogP contribution >= 0.6 is 0 Å². The summed E-state index contributed by atoms with van der Waals surface area (Å²) in [6.45, 7) is 4.04. The fourth-order valence-electron chi connectivity index (χ4n) is 3.80. The van der Waals surface area contributed by atoms with Crippen molar-refractivity contribution in [2.24, 2.45) is 7.05 Å². The number of benzene rings is 2. The largest absolute Gasteiger partial charge is 0.335 e. The van der Waals surface area contributed by atoms with Gasteiger partial charge < -0.3 is 4.90 Å². The summed E-state index contributed by atoms with van der Waals surface area (Å²) in [4.78, 5) is 32.6. The van der Waals surface area contributed by atoms with Crippen LogP contribution in [0, 0.1) is 0 Å². The molecule has 5 nitrogen and oxygen atoms in total. The van der Waals surface area contributed by atoms with Crippen LogP contribution in [0.2, 0.25) is 0 Å². The first-order chi connectivity index (χ1) is 13.5. The molecule has 0 aliphatic rings. The maximum Gasteiger partial charge on any atom is 0.261 e. The number of likely N-dealkylation sites (N-methyl/N-ethyl adjacent to an activating group) is 1. The third-order valence-electron chi connectivity index (χ3n) is 5.43. The van der Waals surface area contributed by atoms with Crippen LogP contribution in [0.15, 0.2) is 59.4 Å². The Morgan fingerprint density at radius 1 is 1.04 bits per heavy atom. The number of nitrogens with zero attached hydrogens (tertiary/aromatic N) is 3. The molecule has 0 saturated carbocycles. The van der Waals surface area contributed by atoms with Crippen molar-refractivity contribution in [1.29, 1.82) is 0 Å². The van der Waals surface area contributed by atoms with Crippen LogP contribution in [-0.4, -0.2) is 27.4 Å². The molecule has 0 N–H and O–H groups in total. The van der Waals surface area contributed by atoms with Crippen LogP contribution < -0.4 is 5.56 Å². The lowest BCUT2D eigenvalue weighted by molar-refractivity contribution is -0.134. The van der Waals surface area contributed by atoms with Crippen molar-refractivity contribution in [2.75, 3.05) is 7.05 Å². The van der Waals surface area contributed by atoms with Gasteiger partial charge >= 0.3 is 0 Å². The zero-order valence-electron chi connectivity index (χ0n) is 16.9. The first-order valence-electron chi connectivity index (χ1n) is 9.76. The van der Waals surface area contributed by atoms with Crippen molar-refractivity contribution in [2.45, 2.75) is 38.6 Å². The summed E-state index contributed by atoms with van der Waals surface area (Å²) in [7, 11) is 3.54. The third kappa shape index (κ3) is 3.57. The molecule has 2 aromatic carbocycles. The summed E-state index contributed by atoms with van der Waals surface area (Å²) in [5.41, 5.74) is 1.59. The zero-order valence-corrected chi connectivity index (χ0v) is 16.9. The fraction of sp³-hybridized carbons (Fsp3) is 0.348. The number of carbonyl (C=O) groups excluding carboxylic acids is 1. The van der Waals surface area contributed by atoms with E-state index < -0.39 is 0 Å². The molecule has 1 amide bonds. The van der Waals surface area contributed by atoms with E-state index in [-0.39, 0.29) is 23.4 Å². The molecule has 1 aromatic heterocycles. The molecule has 0 saturated heterocycles. The lowest BCUT2D eigenvalue weighted by Crippen LogP contribution is -2.38. The predicted molar refractivity (Wildman–Crippen MR) is 112 cm³/mol. The van der Waals surface area contributed by atoms with Gasteiger partial charge in [0.05, 0.1) is 22.9 Å². The normalized spacial score (nSPS) is 13.3. The Morgan fingerprint density at radius 2 is 1.68 bits per heavy atom. The first kappa shape index (κ1) is 19.8. The van der Waals surface area contributed by atoms with Gasteiger partial charge in [0.25, 0.3) is 5.56 Å². The number of rotatable bonds is 6. The van der Waals surface area contributed by atoms with E-state index in [0.29, 0.717) is 29.6 Å². The first-order valence-corrected chi connectivity index (χ1v) is 9.76. The average Bonchev–Trinajstić information content (AvgIpc) is 2.73. The molecule has 0 spiro atoms. The van der Waals surface area contributed by atoms with Crippen LogP contribution in [0.25, 0.3) is 10.9 Å². The summed E-state index contributed by atoms with van der Waals surface area (Å²) in [5, 5.41) is 0.591. The van der Waals surface area contributed by atoms with Crippen LogP contribution in [0.3, 0.4) is 0 Å². The van der Waals surface area contributed by atoms with E-state index in [2.05, 4.69) is 0 Å². The molecule has 5 heteroatoms. The summed E-state index contributed by atoms with van der Waals surface area (Å²) in [5.74, 6) is 0.450. The molecule has 2 unspecified atom stereocenters. The molecule has 3 aromatic rings. The van der Waals surface area contributed by atoms with Crippen molar-refractivity contribution in [3.05, 3.63) is 76.3 Å². The highest BCUT2D eigenvalue weighted by Gasteiger charge is 2.29. The minimum atomic E-state index is -0.271. The Morgan fingerprint density at radius 3 is 2.32 bits per heavy atom. The molecule has 0 aliphatic carbocycles. The molecule has 1 heterocycles. The molecule has 3 rings (SSSR count). The number of hydrogen-bond donors (Lipinski definition) is 0. The summed E-state index contributed by atoms with van der Waals surface area (Å²) in [6.07, 6.45) is 1.39. The monoisotopic (exact) mass is 377 g/mol. The van der Waals surface area contributed by atoms with Gasteiger partial charge in [-0.05, 0) is 30.5 Å². The molecule has 0 fully saturated rings. The SMILES string of the molecule is CCC(C(=O)N(C)C(CC)c1nc2ccccc2c(=O)n1C)c1ccccc1. The topological polar surface area (TPSA) is 55.2 Å². The third-order valence-corrected chi connectivity index (χ3v) is 5.43. The lowest BCUT2D eigenvalue weighted by atomic mass is 9.94. The summed E-state index contributed by atoms with van der Waals surface area (Å²) in [6, 6.07) is 16.9. The van der Waals surface area contributed by atoms with E-state index >= 15 is 0 Å². The number of hydrogen-bond acceptors (Lipinski definition) is 3. The maximum absolute atomic E-state index is 13.3. The molecule has 0 bridgehead atoms. The van der Waals surface area contributed by atoms with Gasteiger partial charge in [-0.1, -0.05) is 56.3 Å². The predicted octanol–water partition coefficient (Wildman–Crippen LogP) is 4.04. The standard InChI is InChI=1S/C23H27N3O2/c1-5-17(16-12-8-7-9-13-16)22(27)25(3)20(6-2)21-24-19-15-11-10-14-18(19)23(28)26(21)4/h7-15,17,20H,5-6H2,1-4H3. The van der Waals surface area contributed by atoms with E-state index in [9.17, 15) is 9.59 Å². The van der Waals surface area contributed by atoms with Crippen molar-refractivity contribution in [1.82, 2.24) is 14.5 Å². The molecule has 0 aliphatic heterocycles. The highest BCUT2D eigenvalue weighted by atomic mass is 16.2. The molecular formula is C23H27N3O2. The molecule has 0 radical (unpaired) electrons. The van der Waals surface area contributed by atoms with Gasteiger partial charge in [0.1, 0.15) is 5.82 Å². The molecule has 2 atom stereocenters. The van der Waals surface area contributed by atoms with Crippen LogP contribution in [0.5, 0.6) is 0 Å². The Kier molecular flexibility index (Phi) is 5.93. The number of fused-ring (bicyclic) bond motifs is 1. The zero-order chi connectivity index (χ0) is 20.3. The number of amides is 1. The number of carbonyl (C=O) groups is 1. The molecule has 28 heavy (non-hydrogen) atoms. The maximum atomic E-state index is 13.3. The fourth-order valence-corrected chi connectivity index (χ4v) is 3.80. The second kappa shape index (κ2) is 8.38. The van der Waals surface area contributed by atoms with E-state index in [4.69, 9.17) is 4.98 Å².